The number of halogens is 2. The number of rotatable bonds is 0. The zero-order valence-electron chi connectivity index (χ0n) is 2.25. The Bertz CT molecular complexity index is 9.61. The van der Waals surface area contributed by atoms with Crippen molar-refractivity contribution in [1.29, 1.82) is 0 Å². The van der Waals surface area contributed by atoms with Crippen LogP contribution in [0.1, 0.15) is 0 Å². The quantitative estimate of drug-likeness (QED) is 0.373. The van der Waals surface area contributed by atoms with Crippen LogP contribution < -0.4 is 0 Å². The van der Waals surface area contributed by atoms with E-state index in [2.05, 4.69) is 0 Å². The van der Waals surface area contributed by atoms with Gasteiger partial charge in [-0.15, -0.1) is 23.2 Å². The van der Waals surface area contributed by atoms with Gasteiger partial charge in [-0.3, -0.25) is 0 Å². The zero-order chi connectivity index (χ0) is 2.71. The van der Waals surface area contributed by atoms with Gasteiger partial charge in [0, 0.05) is 0 Å². The molecule has 0 aliphatic rings. The molecule has 0 rings (SSSR count). The van der Waals surface area contributed by atoms with Gasteiger partial charge in [0.25, 0.3) is 0 Å². The number of hydrogen-bond acceptors (Lipinski definition) is 0. The third kappa shape index (κ3) is 42.2. The fourth-order valence-corrected chi connectivity index (χ4v) is 0. The fourth-order valence-electron chi connectivity index (χ4n) is 0. The first-order valence-electron chi connectivity index (χ1n) is 0.535. The van der Waals surface area contributed by atoms with Crippen LogP contribution in [0.2, 0.25) is 0 Å². The molecule has 5 heavy (non-hydrogen) atoms. The van der Waals surface area contributed by atoms with Gasteiger partial charge in [0.15, 0.2) is 0 Å². The molecule has 0 spiro atoms. The van der Waals surface area contributed by atoms with Crippen LogP contribution in [0, 0.1) is 0 Å². The Morgan fingerprint density at radius 2 is 1.20 bits per heavy atom. The van der Waals surface area contributed by atoms with E-state index in [4.69, 9.17) is 23.2 Å². The Morgan fingerprint density at radius 1 is 1.20 bits per heavy atom. The van der Waals surface area contributed by atoms with Crippen molar-refractivity contribution in [3.8, 4) is 0 Å². The maximum absolute atomic E-state index is 4.76. The van der Waals surface area contributed by atoms with Crippen LogP contribution in [0.3, 0.4) is 0 Å². The molecule has 1 nitrogen and oxygen atoms in total. The summed E-state index contributed by atoms with van der Waals surface area (Å²) in [5.41, 5.74) is 0. The Morgan fingerprint density at radius 3 is 1.20 bits per heavy atom. The SMILES string of the molecule is ClCCl.[Mn+2].[O-2]. The van der Waals surface area contributed by atoms with Crippen LogP contribution in [0.15, 0.2) is 0 Å². The predicted molar refractivity (Wildman–Crippen MR) is 17.3 cm³/mol. The van der Waals surface area contributed by atoms with E-state index in [0.717, 1.165) is 0 Å². The summed E-state index contributed by atoms with van der Waals surface area (Å²) in [4.78, 5) is 0. The molecule has 0 aromatic carbocycles. The molecule has 0 aliphatic carbocycles. The van der Waals surface area contributed by atoms with Crippen LogP contribution in [0.4, 0.5) is 0 Å². The first-order valence-corrected chi connectivity index (χ1v) is 1.60. The van der Waals surface area contributed by atoms with Gasteiger partial charge in [0.1, 0.15) is 0 Å². The van der Waals surface area contributed by atoms with E-state index in [1.54, 1.807) is 0 Å². The van der Waals surface area contributed by atoms with Gasteiger partial charge in [0.05, 0.1) is 5.34 Å². The molecule has 0 N–H and O–H groups in total. The van der Waals surface area contributed by atoms with Crippen molar-refractivity contribution in [3.63, 3.8) is 0 Å². The Balaban J connectivity index is -0.0000000200. The van der Waals surface area contributed by atoms with Gasteiger partial charge in [-0.25, -0.2) is 0 Å². The summed E-state index contributed by atoms with van der Waals surface area (Å²) in [6.07, 6.45) is 0. The topological polar surface area (TPSA) is 28.5 Å². The molecule has 0 aromatic heterocycles. The van der Waals surface area contributed by atoms with Crippen molar-refractivity contribution in [2.24, 2.45) is 0 Å². The number of alkyl halides is 2. The van der Waals surface area contributed by atoms with Gasteiger partial charge in [-0.2, -0.15) is 0 Å². The van der Waals surface area contributed by atoms with E-state index >= 15 is 0 Å². The molecule has 0 aromatic rings. The standard InChI is InChI=1S/CH2Cl2.Mn.O/c2-1-3;;/h1H2;;/q;+2;-2. The van der Waals surface area contributed by atoms with Crippen molar-refractivity contribution in [3.05, 3.63) is 0 Å². The maximum atomic E-state index is 4.76. The molecule has 4 heteroatoms. The summed E-state index contributed by atoms with van der Waals surface area (Å²) in [6.45, 7) is 0. The van der Waals surface area contributed by atoms with Crippen molar-refractivity contribution in [2.75, 3.05) is 5.34 Å². The molecule has 0 aliphatic heterocycles. The third-order valence-corrected chi connectivity index (χ3v) is 0. The molecule has 0 bridgehead atoms. The van der Waals surface area contributed by atoms with Crippen LogP contribution >= 0.6 is 23.2 Å². The van der Waals surface area contributed by atoms with E-state index in [1.165, 1.54) is 0 Å². The monoisotopic (exact) mass is 155 g/mol. The van der Waals surface area contributed by atoms with Gasteiger partial charge >= 0.3 is 17.1 Å². The molecular weight excluding hydrogens is 154 g/mol. The Hall–Kier alpha value is 1.06. The summed E-state index contributed by atoms with van der Waals surface area (Å²) >= 11 is 9.53. The molecule has 0 amide bonds. The minimum absolute atomic E-state index is 0. The second-order valence-electron chi connectivity index (χ2n) is 0.101. The largest absolute Gasteiger partial charge is 2.00 e. The van der Waals surface area contributed by atoms with Gasteiger partial charge < -0.3 is 5.48 Å². The van der Waals surface area contributed by atoms with Crippen molar-refractivity contribution < 1.29 is 22.5 Å². The van der Waals surface area contributed by atoms with Crippen LogP contribution in [0.25, 0.3) is 0 Å². The maximum Gasteiger partial charge on any atom is 2.00 e. The summed E-state index contributed by atoms with van der Waals surface area (Å²) in [6, 6.07) is 0. The average molecular weight is 156 g/mol. The summed E-state index contributed by atoms with van der Waals surface area (Å²) in [5, 5.41) is 0.194. The molecule has 0 atom stereocenters. The Labute approximate surface area is 51.4 Å². The van der Waals surface area contributed by atoms with Crippen LogP contribution in [0.5, 0.6) is 0 Å². The molecule has 0 heterocycles. The molecule has 0 fully saturated rings. The van der Waals surface area contributed by atoms with Crippen LogP contribution in [-0.4, -0.2) is 5.34 Å². The number of hydrogen-bond donors (Lipinski definition) is 0. The minimum atomic E-state index is 0. The van der Waals surface area contributed by atoms with Gasteiger partial charge in [-0.05, 0) is 0 Å². The zero-order valence-corrected chi connectivity index (χ0v) is 4.94. The summed E-state index contributed by atoms with van der Waals surface area (Å²) in [7, 11) is 0. The predicted octanol–water partition coefficient (Wildman–Crippen LogP) is 1.30. The molecular formula is CH2Cl2MnO. The summed E-state index contributed by atoms with van der Waals surface area (Å²) in [5.74, 6) is 0. The van der Waals surface area contributed by atoms with E-state index in [1.807, 2.05) is 0 Å². The van der Waals surface area contributed by atoms with E-state index in [-0.39, 0.29) is 27.9 Å². The Kier molecular flexibility index (Phi) is 65.1. The molecule has 0 unspecified atom stereocenters. The average Bonchev–Trinajstić information content (AvgIpc) is 0.918. The first-order chi connectivity index (χ1) is 1.41. The molecule has 1 radical (unpaired) electrons. The van der Waals surface area contributed by atoms with Gasteiger partial charge in [0.2, 0.25) is 0 Å². The van der Waals surface area contributed by atoms with E-state index in [9.17, 15) is 0 Å². The normalized spacial score (nSPS) is 3.60. The smallest absolute Gasteiger partial charge is 2.00 e. The fraction of sp³-hybridized carbons (Fsp3) is 1.00. The summed E-state index contributed by atoms with van der Waals surface area (Å²) < 4.78 is 0. The second kappa shape index (κ2) is 19.7. The molecule has 0 saturated heterocycles. The van der Waals surface area contributed by atoms with Crippen LogP contribution in [-0.2, 0) is 22.5 Å². The van der Waals surface area contributed by atoms with E-state index in [0.29, 0.717) is 0 Å². The first kappa shape index (κ1) is 16.6. The van der Waals surface area contributed by atoms with Crippen molar-refractivity contribution in [1.82, 2.24) is 0 Å². The molecule has 0 saturated carbocycles. The van der Waals surface area contributed by atoms with Crippen molar-refractivity contribution >= 4 is 23.2 Å². The van der Waals surface area contributed by atoms with Gasteiger partial charge in [-0.1, -0.05) is 0 Å². The second-order valence-corrected chi connectivity index (χ2v) is 0.909. The molecule has 33 valence electrons. The third-order valence-electron chi connectivity index (χ3n) is 0. The van der Waals surface area contributed by atoms with Crippen molar-refractivity contribution in [2.45, 2.75) is 0 Å². The van der Waals surface area contributed by atoms with E-state index < -0.39 is 0 Å². The minimum Gasteiger partial charge on any atom is -2.00 e.